The molecule has 0 saturated carbocycles. The second kappa shape index (κ2) is 8.55. The summed E-state index contributed by atoms with van der Waals surface area (Å²) >= 11 is 0. The molecule has 0 spiro atoms. The van der Waals surface area contributed by atoms with Crippen molar-refractivity contribution in [3.05, 3.63) is 89.3 Å². The highest BCUT2D eigenvalue weighted by molar-refractivity contribution is 5.72. The molecule has 2 aromatic carbocycles. The molecule has 0 amide bonds. The van der Waals surface area contributed by atoms with Gasteiger partial charge in [0.2, 0.25) is 0 Å². The largest absolute Gasteiger partial charge is 0.495 e. The van der Waals surface area contributed by atoms with Crippen molar-refractivity contribution in [2.24, 2.45) is 7.05 Å². The molecule has 0 aliphatic heterocycles. The van der Waals surface area contributed by atoms with E-state index >= 15 is 0 Å². The predicted molar refractivity (Wildman–Crippen MR) is 119 cm³/mol. The lowest BCUT2D eigenvalue weighted by molar-refractivity contribution is 0.412. The highest BCUT2D eigenvalue weighted by atomic mass is 19.1. The molecule has 0 radical (unpaired) electrons. The summed E-state index contributed by atoms with van der Waals surface area (Å²) in [5.41, 5.74) is 4.87. The maximum absolute atomic E-state index is 13.5. The van der Waals surface area contributed by atoms with E-state index in [0.717, 1.165) is 33.8 Å². The number of hydrogen-bond acceptors (Lipinski definition) is 4. The second-order valence-corrected chi connectivity index (χ2v) is 7.46. The summed E-state index contributed by atoms with van der Waals surface area (Å²) < 4.78 is 22.8. The predicted octanol–water partition coefficient (Wildman–Crippen LogP) is 4.78. The molecule has 1 unspecified atom stereocenters. The van der Waals surface area contributed by atoms with Crippen LogP contribution in [-0.2, 0) is 7.05 Å². The molecule has 31 heavy (non-hydrogen) atoms. The van der Waals surface area contributed by atoms with Crippen molar-refractivity contribution < 1.29 is 9.13 Å². The van der Waals surface area contributed by atoms with Crippen molar-refractivity contribution in [3.8, 4) is 11.4 Å². The van der Waals surface area contributed by atoms with Gasteiger partial charge in [-0.25, -0.2) is 14.4 Å². The van der Waals surface area contributed by atoms with Crippen LogP contribution in [0.3, 0.4) is 0 Å². The Kier molecular flexibility index (Phi) is 5.66. The third-order valence-electron chi connectivity index (χ3n) is 5.24. The zero-order chi connectivity index (χ0) is 22.0. The van der Waals surface area contributed by atoms with Crippen LogP contribution in [0.2, 0.25) is 0 Å². The van der Waals surface area contributed by atoms with E-state index in [4.69, 9.17) is 4.74 Å². The average molecular weight is 417 g/mol. The number of aromatic nitrogens is 5. The highest BCUT2D eigenvalue weighted by Crippen LogP contribution is 2.35. The Hall–Kier alpha value is -3.74. The topological polar surface area (TPSA) is 57.8 Å². The van der Waals surface area contributed by atoms with Crippen molar-refractivity contribution in [3.63, 3.8) is 0 Å². The molecule has 4 aromatic rings. The molecule has 158 valence electrons. The molecule has 0 N–H and O–H groups in total. The van der Waals surface area contributed by atoms with Gasteiger partial charge in [-0.2, -0.15) is 5.10 Å². The first-order valence-corrected chi connectivity index (χ1v) is 9.96. The van der Waals surface area contributed by atoms with Gasteiger partial charge < -0.3 is 9.30 Å². The van der Waals surface area contributed by atoms with E-state index in [9.17, 15) is 4.39 Å². The van der Waals surface area contributed by atoms with Crippen molar-refractivity contribution in [2.75, 3.05) is 7.11 Å². The van der Waals surface area contributed by atoms with Crippen LogP contribution in [0.1, 0.15) is 41.1 Å². The molecule has 0 bridgehead atoms. The second-order valence-electron chi connectivity index (χ2n) is 7.46. The Morgan fingerprint density at radius 3 is 2.45 bits per heavy atom. The fraction of sp³-hybridized carbons (Fsp3) is 0.208. The van der Waals surface area contributed by atoms with Crippen LogP contribution < -0.4 is 4.74 Å². The fourth-order valence-corrected chi connectivity index (χ4v) is 3.57. The van der Waals surface area contributed by atoms with Crippen LogP contribution in [0.25, 0.3) is 17.8 Å². The summed E-state index contributed by atoms with van der Waals surface area (Å²) in [6.07, 6.45) is 9.24. The van der Waals surface area contributed by atoms with Crippen LogP contribution >= 0.6 is 0 Å². The molecule has 0 aliphatic carbocycles. The number of imidazole rings is 1. The quantitative estimate of drug-likeness (QED) is 0.453. The third kappa shape index (κ3) is 4.40. The molecule has 2 heterocycles. The molecule has 1 atom stereocenters. The van der Waals surface area contributed by atoms with Crippen molar-refractivity contribution in [1.82, 2.24) is 24.3 Å². The van der Waals surface area contributed by atoms with Gasteiger partial charge in [-0.15, -0.1) is 0 Å². The van der Waals surface area contributed by atoms with Crippen LogP contribution in [-0.4, -0.2) is 31.4 Å². The monoisotopic (exact) mass is 417 g/mol. The third-order valence-corrected chi connectivity index (χ3v) is 5.24. The lowest BCUT2D eigenvalue weighted by atomic mass is 9.88. The maximum Gasteiger partial charge on any atom is 0.173 e. The summed E-state index contributed by atoms with van der Waals surface area (Å²) in [4.78, 5) is 8.61. The van der Waals surface area contributed by atoms with Crippen LogP contribution in [0.15, 0.2) is 55.2 Å². The van der Waals surface area contributed by atoms with Gasteiger partial charge in [0.05, 0.1) is 24.8 Å². The lowest BCUT2D eigenvalue weighted by Gasteiger charge is -2.19. The van der Waals surface area contributed by atoms with E-state index in [1.165, 1.54) is 12.1 Å². The Morgan fingerprint density at radius 2 is 1.84 bits per heavy atom. The fourth-order valence-electron chi connectivity index (χ4n) is 3.57. The van der Waals surface area contributed by atoms with Gasteiger partial charge in [-0.05, 0) is 54.0 Å². The van der Waals surface area contributed by atoms with E-state index in [2.05, 4.69) is 28.1 Å². The number of halogens is 1. The maximum atomic E-state index is 13.5. The Bertz CT molecular complexity index is 1220. The lowest BCUT2D eigenvalue weighted by Crippen LogP contribution is -2.04. The van der Waals surface area contributed by atoms with Crippen molar-refractivity contribution in [2.45, 2.75) is 19.8 Å². The number of rotatable bonds is 6. The summed E-state index contributed by atoms with van der Waals surface area (Å²) in [5.74, 6) is 1.12. The first-order chi connectivity index (χ1) is 14.9. The van der Waals surface area contributed by atoms with E-state index < -0.39 is 0 Å². The smallest absolute Gasteiger partial charge is 0.173 e. The van der Waals surface area contributed by atoms with Gasteiger partial charge in [-0.1, -0.05) is 25.1 Å². The van der Waals surface area contributed by atoms with E-state index in [-0.39, 0.29) is 11.7 Å². The van der Waals surface area contributed by atoms with Gasteiger partial charge >= 0.3 is 0 Å². The Morgan fingerprint density at radius 1 is 1.06 bits per heavy atom. The van der Waals surface area contributed by atoms with Gasteiger partial charge in [0.25, 0.3) is 0 Å². The van der Waals surface area contributed by atoms with Crippen LogP contribution in [0.5, 0.6) is 5.75 Å². The number of benzene rings is 2. The van der Waals surface area contributed by atoms with E-state index in [1.54, 1.807) is 24.4 Å². The standard InChI is InChI=1S/C24H24FN5O/c1-16-13-30(15-26-16)22-12-21(17(2)18-5-8-20(25)9-6-18)19(11-23(22)31-4)7-10-24-27-14-29(3)28-24/h5-15,17H,1-4H3/b10-7+. The summed E-state index contributed by atoms with van der Waals surface area (Å²) in [6, 6.07) is 10.7. The molecule has 4 rings (SSSR count). The average Bonchev–Trinajstić information content (AvgIpc) is 3.39. The van der Waals surface area contributed by atoms with Gasteiger partial charge in [0, 0.05) is 19.2 Å². The van der Waals surface area contributed by atoms with Gasteiger partial charge in [0.15, 0.2) is 5.82 Å². The first-order valence-electron chi connectivity index (χ1n) is 9.96. The van der Waals surface area contributed by atoms with Gasteiger partial charge in [-0.3, -0.25) is 4.68 Å². The normalized spacial score (nSPS) is 12.4. The molecule has 0 fully saturated rings. The number of ether oxygens (including phenoxy) is 1. The molecular formula is C24H24FN5O. The first kappa shape index (κ1) is 20.5. The Balaban J connectivity index is 1.85. The summed E-state index contributed by atoms with van der Waals surface area (Å²) in [5, 5.41) is 4.31. The van der Waals surface area contributed by atoms with Crippen LogP contribution in [0.4, 0.5) is 4.39 Å². The molecule has 0 aliphatic rings. The number of aryl methyl sites for hydroxylation is 2. The van der Waals surface area contributed by atoms with Crippen LogP contribution in [0, 0.1) is 12.7 Å². The minimum absolute atomic E-state index is 0.0196. The molecule has 2 aromatic heterocycles. The highest BCUT2D eigenvalue weighted by Gasteiger charge is 2.17. The van der Waals surface area contributed by atoms with Crippen molar-refractivity contribution in [1.29, 1.82) is 0 Å². The molecular weight excluding hydrogens is 393 g/mol. The van der Waals surface area contributed by atoms with Gasteiger partial charge in [0.1, 0.15) is 17.9 Å². The van der Waals surface area contributed by atoms with E-state index in [1.807, 2.05) is 55.1 Å². The SMILES string of the molecule is COc1cc(/C=C/c2ncn(C)n2)c(C(C)c2ccc(F)cc2)cc1-n1cnc(C)c1. The molecule has 6 nitrogen and oxygen atoms in total. The number of methoxy groups -OCH3 is 1. The zero-order valence-electron chi connectivity index (χ0n) is 18.0. The molecule has 7 heteroatoms. The number of hydrogen-bond donors (Lipinski definition) is 0. The van der Waals surface area contributed by atoms with E-state index in [0.29, 0.717) is 5.82 Å². The minimum Gasteiger partial charge on any atom is -0.495 e. The molecule has 0 saturated heterocycles. The number of nitrogens with zero attached hydrogens (tertiary/aromatic N) is 5. The Labute approximate surface area is 180 Å². The van der Waals surface area contributed by atoms with Crippen molar-refractivity contribution >= 4 is 12.2 Å². The minimum atomic E-state index is -0.249. The zero-order valence-corrected chi connectivity index (χ0v) is 18.0. The summed E-state index contributed by atoms with van der Waals surface area (Å²) in [6.45, 7) is 4.05. The summed E-state index contributed by atoms with van der Waals surface area (Å²) in [7, 11) is 3.48.